The molecule has 0 fully saturated rings. The molecule has 0 aliphatic carbocycles. The molecule has 0 aliphatic rings. The lowest BCUT2D eigenvalue weighted by Gasteiger charge is -2.12. The van der Waals surface area contributed by atoms with Crippen LogP contribution >= 0.6 is 0 Å². The number of nitrogens with zero attached hydrogens (tertiary/aromatic N) is 1. The van der Waals surface area contributed by atoms with Gasteiger partial charge in [0, 0.05) is 0 Å². The van der Waals surface area contributed by atoms with Crippen molar-refractivity contribution in [2.75, 3.05) is 21.1 Å². The summed E-state index contributed by atoms with van der Waals surface area (Å²) < 4.78 is 0.500. The molecule has 0 saturated carbocycles. The fourth-order valence-electron chi connectivity index (χ4n) is 0. The summed E-state index contributed by atoms with van der Waals surface area (Å²) in [6, 6.07) is 0. The van der Waals surface area contributed by atoms with Gasteiger partial charge in [-0.05, 0) is 0 Å². The summed E-state index contributed by atoms with van der Waals surface area (Å²) in [5.74, 6) is 5.29. The first-order chi connectivity index (χ1) is 3.41. The summed E-state index contributed by atoms with van der Waals surface area (Å²) in [7, 11) is 5.71. The monoisotopic (exact) mass is 119 g/mol. The third kappa shape index (κ3) is 22400. The molecule has 0 aromatic rings. The molecular formula is C6H19N2+. The summed E-state index contributed by atoms with van der Waals surface area (Å²) in [6.45, 7) is 4.25. The van der Waals surface area contributed by atoms with Crippen LogP contribution in [0.5, 0.6) is 0 Å². The van der Waals surface area contributed by atoms with Crippen molar-refractivity contribution in [3.63, 3.8) is 0 Å². The lowest BCUT2D eigenvalue weighted by atomic mass is 10.6. The maximum atomic E-state index is 5.29. The third-order valence-corrected chi connectivity index (χ3v) is 0. The van der Waals surface area contributed by atoms with Crippen LogP contribution in [0.3, 0.4) is 0 Å². The first-order valence-corrected chi connectivity index (χ1v) is 3.01. The van der Waals surface area contributed by atoms with Crippen LogP contribution in [0.15, 0.2) is 0 Å². The zero-order valence-corrected chi connectivity index (χ0v) is 6.73. The molecule has 0 heterocycles. The second-order valence-electron chi connectivity index (χ2n) is 2.82. The minimum absolute atomic E-state index is 0.500. The minimum atomic E-state index is 0.500. The van der Waals surface area contributed by atoms with Crippen LogP contribution in [0, 0.1) is 0 Å². The average Bonchev–Trinajstić information content (AvgIpc) is 1.27. The molecule has 0 radical (unpaired) electrons. The molecule has 0 spiro atoms. The Morgan fingerprint density at radius 2 is 1.12 bits per heavy atom. The van der Waals surface area contributed by atoms with Crippen molar-refractivity contribution in [3.05, 3.63) is 0 Å². The first-order valence-electron chi connectivity index (χ1n) is 3.01. The van der Waals surface area contributed by atoms with E-state index in [0.717, 1.165) is 0 Å². The molecule has 0 rings (SSSR count). The topological polar surface area (TPSA) is 26.0 Å². The summed E-state index contributed by atoms with van der Waals surface area (Å²) >= 11 is 0. The number of hydrogen-bond donors (Lipinski definition) is 1. The predicted octanol–water partition coefficient (Wildman–Crippen LogP) is 0.983. The van der Waals surface area contributed by atoms with Crippen molar-refractivity contribution >= 4 is 0 Å². The van der Waals surface area contributed by atoms with Crippen LogP contribution in [0.2, 0.25) is 0 Å². The molecule has 2 nitrogen and oxygen atoms in total. The SMILES string of the molecule is CCC.C[N+](C)(C)N. The Morgan fingerprint density at radius 1 is 1.12 bits per heavy atom. The fourth-order valence-corrected chi connectivity index (χ4v) is 0. The van der Waals surface area contributed by atoms with Gasteiger partial charge < -0.3 is 0 Å². The van der Waals surface area contributed by atoms with Crippen molar-refractivity contribution in [1.82, 2.24) is 0 Å². The van der Waals surface area contributed by atoms with Gasteiger partial charge in [-0.15, -0.1) is 0 Å². The maximum Gasteiger partial charge on any atom is 0.0851 e. The fraction of sp³-hybridized carbons (Fsp3) is 1.00. The zero-order valence-electron chi connectivity index (χ0n) is 6.73. The Bertz CT molecular complexity index is 30.3. The quantitative estimate of drug-likeness (QED) is 0.287. The molecule has 8 heavy (non-hydrogen) atoms. The van der Waals surface area contributed by atoms with E-state index < -0.39 is 0 Å². The van der Waals surface area contributed by atoms with Gasteiger partial charge in [0.15, 0.2) is 0 Å². The second kappa shape index (κ2) is 5.06. The van der Waals surface area contributed by atoms with Crippen LogP contribution in [0.4, 0.5) is 0 Å². The highest BCUT2D eigenvalue weighted by Crippen LogP contribution is 1.65. The molecule has 0 bridgehead atoms. The van der Waals surface area contributed by atoms with E-state index in [-0.39, 0.29) is 0 Å². The van der Waals surface area contributed by atoms with Gasteiger partial charge in [0.1, 0.15) is 0 Å². The Balaban J connectivity index is 0. The lowest BCUT2D eigenvalue weighted by Crippen LogP contribution is -2.41. The number of rotatable bonds is 0. The normalized spacial score (nSPS) is 9.75. The summed E-state index contributed by atoms with van der Waals surface area (Å²) in [5.41, 5.74) is 0. The van der Waals surface area contributed by atoms with Crippen LogP contribution in [-0.4, -0.2) is 25.7 Å². The van der Waals surface area contributed by atoms with E-state index >= 15 is 0 Å². The van der Waals surface area contributed by atoms with Gasteiger partial charge in [-0.1, -0.05) is 20.3 Å². The molecule has 0 amide bonds. The van der Waals surface area contributed by atoms with Gasteiger partial charge in [-0.3, -0.25) is 4.59 Å². The van der Waals surface area contributed by atoms with E-state index in [4.69, 9.17) is 5.84 Å². The first kappa shape index (κ1) is 10.8. The van der Waals surface area contributed by atoms with Crippen LogP contribution in [-0.2, 0) is 0 Å². The van der Waals surface area contributed by atoms with E-state index in [9.17, 15) is 0 Å². The molecule has 0 aliphatic heterocycles. The maximum absolute atomic E-state index is 5.29. The highest BCUT2D eigenvalue weighted by atomic mass is 15.5. The lowest BCUT2D eigenvalue weighted by molar-refractivity contribution is -0.882. The Kier molecular flexibility index (Phi) is 6.85. The van der Waals surface area contributed by atoms with Crippen molar-refractivity contribution in [2.24, 2.45) is 5.84 Å². The van der Waals surface area contributed by atoms with Gasteiger partial charge in [0.25, 0.3) is 0 Å². The second-order valence-corrected chi connectivity index (χ2v) is 2.82. The van der Waals surface area contributed by atoms with E-state index in [1.165, 1.54) is 6.42 Å². The van der Waals surface area contributed by atoms with Crippen molar-refractivity contribution < 1.29 is 4.59 Å². The molecule has 0 aromatic heterocycles. The highest BCUT2D eigenvalue weighted by molar-refractivity contribution is 3.92. The van der Waals surface area contributed by atoms with E-state index in [0.29, 0.717) is 4.59 Å². The molecule has 2 heteroatoms. The van der Waals surface area contributed by atoms with Crippen molar-refractivity contribution in [3.8, 4) is 0 Å². The van der Waals surface area contributed by atoms with Crippen molar-refractivity contribution in [2.45, 2.75) is 20.3 Å². The number of hydrogen-bond acceptors (Lipinski definition) is 1. The molecule has 0 unspecified atom stereocenters. The molecule has 0 saturated heterocycles. The number of quaternary nitrogens is 1. The van der Waals surface area contributed by atoms with Gasteiger partial charge in [0.05, 0.1) is 21.1 Å². The standard InChI is InChI=1S/C3H11N2.C3H8/c1-5(2,3)4;1-3-2/h4H2,1-3H3;3H2,1-2H3/q+1;. The van der Waals surface area contributed by atoms with Crippen LogP contribution in [0.25, 0.3) is 0 Å². The zero-order chi connectivity index (χ0) is 7.21. The predicted molar refractivity (Wildman–Crippen MR) is 38.2 cm³/mol. The third-order valence-electron chi connectivity index (χ3n) is 0. The van der Waals surface area contributed by atoms with Gasteiger partial charge in [-0.25, -0.2) is 0 Å². The van der Waals surface area contributed by atoms with Crippen LogP contribution < -0.4 is 5.84 Å². The smallest absolute Gasteiger partial charge is 0.0851 e. The largest absolute Gasteiger partial charge is 0.255 e. The average molecular weight is 119 g/mol. The highest BCUT2D eigenvalue weighted by Gasteiger charge is 1.89. The van der Waals surface area contributed by atoms with E-state index in [1.807, 2.05) is 21.1 Å². The van der Waals surface area contributed by atoms with Gasteiger partial charge in [0.2, 0.25) is 0 Å². The summed E-state index contributed by atoms with van der Waals surface area (Å²) in [6.07, 6.45) is 1.25. The van der Waals surface area contributed by atoms with Gasteiger partial charge >= 0.3 is 0 Å². The van der Waals surface area contributed by atoms with Crippen LogP contribution in [0.1, 0.15) is 20.3 Å². The molecular weight excluding hydrogens is 100 g/mol. The van der Waals surface area contributed by atoms with E-state index in [1.54, 1.807) is 0 Å². The number of nitrogens with two attached hydrogens (primary N) is 1. The molecule has 2 N–H and O–H groups in total. The summed E-state index contributed by atoms with van der Waals surface area (Å²) in [4.78, 5) is 0. The minimum Gasteiger partial charge on any atom is -0.255 e. The molecule has 52 valence electrons. The molecule has 0 atom stereocenters. The van der Waals surface area contributed by atoms with E-state index in [2.05, 4.69) is 13.8 Å². The van der Waals surface area contributed by atoms with Gasteiger partial charge in [-0.2, -0.15) is 5.84 Å². The Morgan fingerprint density at radius 3 is 1.12 bits per heavy atom. The van der Waals surface area contributed by atoms with Crippen molar-refractivity contribution in [1.29, 1.82) is 0 Å². The summed E-state index contributed by atoms with van der Waals surface area (Å²) in [5, 5.41) is 0. The Labute approximate surface area is 52.8 Å². The Hall–Kier alpha value is -0.0800. The molecule has 0 aromatic carbocycles.